The van der Waals surface area contributed by atoms with E-state index in [1.165, 1.54) is 19.3 Å². The molecule has 16 heavy (non-hydrogen) atoms. The zero-order chi connectivity index (χ0) is 12.6. The lowest BCUT2D eigenvalue weighted by atomic mass is 10.1. The lowest BCUT2D eigenvalue weighted by molar-refractivity contribution is -0.157. The SMILES string of the molecule is CCCCCCC(C)OC(C(=O)O)C(C)C. The highest BCUT2D eigenvalue weighted by Crippen LogP contribution is 2.14. The summed E-state index contributed by atoms with van der Waals surface area (Å²) in [4.78, 5) is 10.9. The van der Waals surface area contributed by atoms with Gasteiger partial charge in [0.1, 0.15) is 0 Å². The normalized spacial score (nSPS) is 15.1. The Morgan fingerprint density at radius 3 is 2.25 bits per heavy atom. The van der Waals surface area contributed by atoms with Gasteiger partial charge in [0.25, 0.3) is 0 Å². The molecule has 0 aromatic carbocycles. The first-order valence-electron chi connectivity index (χ1n) is 6.37. The number of unbranched alkanes of at least 4 members (excludes halogenated alkanes) is 3. The van der Waals surface area contributed by atoms with E-state index in [1.807, 2.05) is 20.8 Å². The predicted molar refractivity (Wildman–Crippen MR) is 65.6 cm³/mol. The first-order valence-corrected chi connectivity index (χ1v) is 6.37. The molecule has 96 valence electrons. The van der Waals surface area contributed by atoms with Crippen LogP contribution in [0, 0.1) is 5.92 Å². The Morgan fingerprint density at radius 2 is 1.81 bits per heavy atom. The van der Waals surface area contributed by atoms with E-state index in [9.17, 15) is 4.79 Å². The maximum Gasteiger partial charge on any atom is 0.333 e. The highest BCUT2D eigenvalue weighted by molar-refractivity contribution is 5.72. The van der Waals surface area contributed by atoms with Crippen molar-refractivity contribution >= 4 is 5.97 Å². The first-order chi connectivity index (χ1) is 7.49. The van der Waals surface area contributed by atoms with Gasteiger partial charge in [0.05, 0.1) is 6.10 Å². The van der Waals surface area contributed by atoms with Crippen LogP contribution in [0.2, 0.25) is 0 Å². The summed E-state index contributed by atoms with van der Waals surface area (Å²) in [5, 5.41) is 8.98. The van der Waals surface area contributed by atoms with Gasteiger partial charge in [-0.3, -0.25) is 0 Å². The maximum absolute atomic E-state index is 10.9. The number of carbonyl (C=O) groups is 1. The van der Waals surface area contributed by atoms with Crippen LogP contribution in [0.15, 0.2) is 0 Å². The van der Waals surface area contributed by atoms with E-state index >= 15 is 0 Å². The summed E-state index contributed by atoms with van der Waals surface area (Å²) in [6.07, 6.45) is 5.14. The van der Waals surface area contributed by atoms with Gasteiger partial charge in [-0.1, -0.05) is 46.5 Å². The fraction of sp³-hybridized carbons (Fsp3) is 0.923. The standard InChI is InChI=1S/C13H26O3/c1-5-6-7-8-9-11(4)16-12(10(2)3)13(14)15/h10-12H,5-9H2,1-4H3,(H,14,15). The lowest BCUT2D eigenvalue weighted by Crippen LogP contribution is -2.32. The Kier molecular flexibility index (Phi) is 8.26. The molecule has 0 saturated carbocycles. The average molecular weight is 230 g/mol. The molecule has 0 amide bonds. The van der Waals surface area contributed by atoms with Gasteiger partial charge in [0, 0.05) is 0 Å². The number of aliphatic carboxylic acids is 1. The van der Waals surface area contributed by atoms with Gasteiger partial charge >= 0.3 is 5.97 Å². The quantitative estimate of drug-likeness (QED) is 0.617. The molecule has 0 spiro atoms. The molecule has 0 heterocycles. The minimum Gasteiger partial charge on any atom is -0.479 e. The van der Waals surface area contributed by atoms with E-state index in [1.54, 1.807) is 0 Å². The number of carboxylic acids is 1. The molecule has 0 fully saturated rings. The van der Waals surface area contributed by atoms with Crippen molar-refractivity contribution in [2.75, 3.05) is 0 Å². The van der Waals surface area contributed by atoms with Crippen molar-refractivity contribution in [3.8, 4) is 0 Å². The zero-order valence-corrected chi connectivity index (χ0v) is 11.0. The van der Waals surface area contributed by atoms with Crippen molar-refractivity contribution in [1.29, 1.82) is 0 Å². The van der Waals surface area contributed by atoms with E-state index in [0.29, 0.717) is 0 Å². The molecule has 3 heteroatoms. The minimum absolute atomic E-state index is 0.0237. The molecule has 2 unspecified atom stereocenters. The fourth-order valence-electron chi connectivity index (χ4n) is 1.68. The van der Waals surface area contributed by atoms with Gasteiger partial charge in [-0.2, -0.15) is 0 Å². The van der Waals surface area contributed by atoms with Crippen molar-refractivity contribution in [2.45, 2.75) is 72.0 Å². The predicted octanol–water partition coefficient (Wildman–Crippen LogP) is 3.47. The molecular formula is C13H26O3. The molecule has 0 aliphatic carbocycles. The summed E-state index contributed by atoms with van der Waals surface area (Å²) in [6, 6.07) is 0. The van der Waals surface area contributed by atoms with Crippen molar-refractivity contribution < 1.29 is 14.6 Å². The Hall–Kier alpha value is -0.570. The van der Waals surface area contributed by atoms with Crippen LogP contribution >= 0.6 is 0 Å². The van der Waals surface area contributed by atoms with Gasteiger partial charge in [0.2, 0.25) is 0 Å². The summed E-state index contributed by atoms with van der Waals surface area (Å²) in [6.45, 7) is 7.90. The van der Waals surface area contributed by atoms with Crippen LogP contribution in [0.25, 0.3) is 0 Å². The van der Waals surface area contributed by atoms with Crippen LogP contribution in [0.4, 0.5) is 0 Å². The highest BCUT2D eigenvalue weighted by atomic mass is 16.5. The average Bonchev–Trinajstić information content (AvgIpc) is 2.20. The topological polar surface area (TPSA) is 46.5 Å². The van der Waals surface area contributed by atoms with Crippen LogP contribution in [-0.2, 0) is 9.53 Å². The second kappa shape index (κ2) is 8.57. The van der Waals surface area contributed by atoms with Gasteiger partial charge in [-0.05, 0) is 19.3 Å². The molecule has 0 aromatic heterocycles. The molecule has 0 saturated heterocycles. The number of ether oxygens (including phenoxy) is 1. The van der Waals surface area contributed by atoms with Crippen LogP contribution in [0.1, 0.15) is 59.8 Å². The molecule has 0 radical (unpaired) electrons. The second-order valence-corrected chi connectivity index (χ2v) is 4.80. The smallest absolute Gasteiger partial charge is 0.333 e. The van der Waals surface area contributed by atoms with Gasteiger partial charge in [-0.25, -0.2) is 4.79 Å². The third-order valence-corrected chi connectivity index (χ3v) is 2.69. The van der Waals surface area contributed by atoms with Crippen molar-refractivity contribution in [1.82, 2.24) is 0 Å². The van der Waals surface area contributed by atoms with Crippen molar-refractivity contribution in [2.24, 2.45) is 5.92 Å². The van der Waals surface area contributed by atoms with E-state index in [2.05, 4.69) is 6.92 Å². The van der Waals surface area contributed by atoms with Crippen molar-refractivity contribution in [3.63, 3.8) is 0 Å². The largest absolute Gasteiger partial charge is 0.479 e. The van der Waals surface area contributed by atoms with Crippen LogP contribution in [0.5, 0.6) is 0 Å². The van der Waals surface area contributed by atoms with E-state index in [4.69, 9.17) is 9.84 Å². The monoisotopic (exact) mass is 230 g/mol. The Morgan fingerprint density at radius 1 is 1.19 bits per heavy atom. The first kappa shape index (κ1) is 15.4. The molecule has 0 rings (SSSR count). The van der Waals surface area contributed by atoms with E-state index in [0.717, 1.165) is 12.8 Å². The molecular weight excluding hydrogens is 204 g/mol. The van der Waals surface area contributed by atoms with Crippen molar-refractivity contribution in [3.05, 3.63) is 0 Å². The molecule has 0 aromatic rings. The Bertz CT molecular complexity index is 190. The molecule has 1 N–H and O–H groups in total. The number of carboxylic acid groups (broad SMARTS) is 1. The minimum atomic E-state index is -0.851. The third kappa shape index (κ3) is 6.83. The molecule has 0 aliphatic heterocycles. The summed E-state index contributed by atoms with van der Waals surface area (Å²) in [7, 11) is 0. The van der Waals surface area contributed by atoms with Gasteiger partial charge in [0.15, 0.2) is 6.10 Å². The third-order valence-electron chi connectivity index (χ3n) is 2.69. The molecule has 3 nitrogen and oxygen atoms in total. The fourth-order valence-corrected chi connectivity index (χ4v) is 1.68. The molecule has 0 aliphatic rings. The summed E-state index contributed by atoms with van der Waals surface area (Å²) >= 11 is 0. The number of rotatable bonds is 9. The number of hydrogen-bond donors (Lipinski definition) is 1. The summed E-state index contributed by atoms with van der Waals surface area (Å²) < 4.78 is 5.55. The molecule has 0 bridgehead atoms. The molecule has 2 atom stereocenters. The highest BCUT2D eigenvalue weighted by Gasteiger charge is 2.24. The van der Waals surface area contributed by atoms with E-state index in [-0.39, 0.29) is 12.0 Å². The lowest BCUT2D eigenvalue weighted by Gasteiger charge is -2.22. The summed E-state index contributed by atoms with van der Waals surface area (Å²) in [5.74, 6) is -0.828. The van der Waals surface area contributed by atoms with Gasteiger partial charge < -0.3 is 9.84 Å². The Balaban J connectivity index is 3.82. The van der Waals surface area contributed by atoms with Gasteiger partial charge in [-0.15, -0.1) is 0 Å². The van der Waals surface area contributed by atoms with Crippen LogP contribution < -0.4 is 0 Å². The second-order valence-electron chi connectivity index (χ2n) is 4.80. The number of hydrogen-bond acceptors (Lipinski definition) is 2. The van der Waals surface area contributed by atoms with Crippen LogP contribution in [0.3, 0.4) is 0 Å². The summed E-state index contributed by atoms with van der Waals surface area (Å²) in [5.41, 5.74) is 0. The Labute approximate surface area is 99.2 Å². The van der Waals surface area contributed by atoms with E-state index < -0.39 is 12.1 Å². The maximum atomic E-state index is 10.9. The zero-order valence-electron chi connectivity index (χ0n) is 11.0. The van der Waals surface area contributed by atoms with Crippen LogP contribution in [-0.4, -0.2) is 23.3 Å².